The van der Waals surface area contributed by atoms with Crippen LogP contribution in [-0.2, 0) is 30.5 Å². The minimum Gasteiger partial charge on any atom is -0.378 e. The van der Waals surface area contributed by atoms with E-state index in [0.29, 0.717) is 45.1 Å². The highest BCUT2D eigenvalue weighted by atomic mass is 16.5. The number of morpholine rings is 1. The summed E-state index contributed by atoms with van der Waals surface area (Å²) in [7, 11) is 0. The van der Waals surface area contributed by atoms with E-state index < -0.39 is 35.2 Å². The summed E-state index contributed by atoms with van der Waals surface area (Å²) in [6, 6.07) is 7.10. The third kappa shape index (κ3) is 12.3. The Morgan fingerprint density at radius 2 is 1.58 bits per heavy atom. The van der Waals surface area contributed by atoms with Gasteiger partial charge in [-0.3, -0.25) is 14.4 Å². The van der Waals surface area contributed by atoms with E-state index in [1.54, 1.807) is 4.90 Å². The molecule has 3 rings (SSSR count). The first-order valence-corrected chi connectivity index (χ1v) is 15.7. The SMILES string of the molecule is CC(C)(C)CC(C)(C)NC(=O)C(=O)[C@@H](COCc1ccccc1)NC(=O)[C@@H](CC1CCCCC1)NC(=O)N1CCOCC1. The topological polar surface area (TPSA) is 126 Å². The maximum Gasteiger partial charge on any atom is 0.318 e. The Kier molecular flexibility index (Phi) is 13.0. The molecule has 3 N–H and O–H groups in total. The minimum atomic E-state index is -1.21. The van der Waals surface area contributed by atoms with E-state index >= 15 is 0 Å². The molecule has 1 aliphatic heterocycles. The normalized spacial score (nSPS) is 17.9. The van der Waals surface area contributed by atoms with Crippen molar-refractivity contribution in [1.82, 2.24) is 20.9 Å². The van der Waals surface area contributed by atoms with Crippen molar-refractivity contribution in [1.29, 1.82) is 0 Å². The number of carbonyl (C=O) groups is 4. The number of ketones is 1. The van der Waals surface area contributed by atoms with E-state index in [2.05, 4.69) is 36.7 Å². The van der Waals surface area contributed by atoms with Gasteiger partial charge in [0.2, 0.25) is 11.7 Å². The molecule has 1 aromatic rings. The van der Waals surface area contributed by atoms with Gasteiger partial charge in [0.1, 0.15) is 12.1 Å². The molecular formula is C33H52N4O6. The number of ether oxygens (including phenoxy) is 2. The molecule has 10 nitrogen and oxygen atoms in total. The lowest BCUT2D eigenvalue weighted by Crippen LogP contribution is -2.59. The summed E-state index contributed by atoms with van der Waals surface area (Å²) in [5, 5.41) is 8.56. The highest BCUT2D eigenvalue weighted by Gasteiger charge is 2.35. The lowest BCUT2D eigenvalue weighted by atomic mass is 9.81. The van der Waals surface area contributed by atoms with Crippen molar-refractivity contribution in [2.75, 3.05) is 32.9 Å². The van der Waals surface area contributed by atoms with Crippen molar-refractivity contribution >= 4 is 23.6 Å². The zero-order valence-electron chi connectivity index (χ0n) is 26.7. The summed E-state index contributed by atoms with van der Waals surface area (Å²) in [6.07, 6.45) is 6.46. The van der Waals surface area contributed by atoms with Crippen molar-refractivity contribution in [3.8, 4) is 0 Å². The average Bonchev–Trinajstić information content (AvgIpc) is 2.95. The number of nitrogens with zero attached hydrogens (tertiary/aromatic N) is 1. The third-order valence-electron chi connectivity index (χ3n) is 7.88. The van der Waals surface area contributed by atoms with Crippen LogP contribution in [-0.4, -0.2) is 79.1 Å². The van der Waals surface area contributed by atoms with Crippen LogP contribution >= 0.6 is 0 Å². The van der Waals surface area contributed by atoms with Crippen molar-refractivity contribution in [3.05, 3.63) is 35.9 Å². The van der Waals surface area contributed by atoms with Crippen LogP contribution in [0.2, 0.25) is 0 Å². The van der Waals surface area contributed by atoms with Crippen LogP contribution in [0.25, 0.3) is 0 Å². The Morgan fingerprint density at radius 1 is 0.930 bits per heavy atom. The number of hydrogen-bond acceptors (Lipinski definition) is 6. The van der Waals surface area contributed by atoms with Gasteiger partial charge >= 0.3 is 6.03 Å². The largest absolute Gasteiger partial charge is 0.378 e. The minimum absolute atomic E-state index is 0.0722. The van der Waals surface area contributed by atoms with Gasteiger partial charge in [-0.1, -0.05) is 83.2 Å². The molecule has 0 bridgehead atoms. The first-order chi connectivity index (χ1) is 20.3. The fraction of sp³-hybridized carbons (Fsp3) is 0.697. The van der Waals surface area contributed by atoms with Crippen molar-refractivity contribution in [3.63, 3.8) is 0 Å². The lowest BCUT2D eigenvalue weighted by Gasteiger charge is -2.33. The van der Waals surface area contributed by atoms with Crippen LogP contribution in [0.1, 0.15) is 85.1 Å². The summed E-state index contributed by atoms with van der Waals surface area (Å²) >= 11 is 0. The lowest BCUT2D eigenvalue weighted by molar-refractivity contribution is -0.142. The second kappa shape index (κ2) is 16.2. The van der Waals surface area contributed by atoms with Gasteiger partial charge in [0.15, 0.2) is 0 Å². The van der Waals surface area contributed by atoms with Gasteiger partial charge in [-0.15, -0.1) is 0 Å². The van der Waals surface area contributed by atoms with Crippen LogP contribution in [0.15, 0.2) is 30.3 Å². The van der Waals surface area contributed by atoms with Gasteiger partial charge in [0.05, 0.1) is 26.4 Å². The van der Waals surface area contributed by atoms with E-state index in [1.165, 1.54) is 6.42 Å². The van der Waals surface area contributed by atoms with Crippen LogP contribution in [0, 0.1) is 11.3 Å². The molecule has 2 atom stereocenters. The molecule has 1 heterocycles. The van der Waals surface area contributed by atoms with Crippen LogP contribution in [0.3, 0.4) is 0 Å². The van der Waals surface area contributed by atoms with E-state index in [1.807, 2.05) is 44.2 Å². The molecule has 43 heavy (non-hydrogen) atoms. The fourth-order valence-electron chi connectivity index (χ4n) is 6.22. The molecule has 4 amide bonds. The molecule has 10 heteroatoms. The molecule has 0 aromatic heterocycles. The smallest absolute Gasteiger partial charge is 0.318 e. The maximum absolute atomic E-state index is 13.8. The molecule has 1 aromatic carbocycles. The number of benzene rings is 1. The van der Waals surface area contributed by atoms with Gasteiger partial charge < -0.3 is 30.3 Å². The quantitative estimate of drug-likeness (QED) is 0.294. The number of hydrogen-bond donors (Lipinski definition) is 3. The second-order valence-electron chi connectivity index (χ2n) is 13.8. The number of nitrogens with one attached hydrogen (secondary N) is 3. The number of urea groups is 1. The standard InChI is InChI=1S/C33H52N4O6/c1-32(2,3)23-33(4,5)36-30(40)28(38)27(22-43-21-25-14-10-7-11-15-25)34-29(39)26(20-24-12-8-6-9-13-24)35-31(41)37-16-18-42-19-17-37/h7,10-11,14-15,24,26-27H,6,8-9,12-13,16-23H2,1-5H3,(H,34,39)(H,35,41)(H,36,40)/t26-,27-/m1/s1. The van der Waals surface area contributed by atoms with Gasteiger partial charge in [0.25, 0.3) is 5.91 Å². The van der Waals surface area contributed by atoms with Crippen LogP contribution in [0.5, 0.6) is 0 Å². The Balaban J connectivity index is 1.75. The van der Waals surface area contributed by atoms with Gasteiger partial charge in [-0.2, -0.15) is 0 Å². The summed E-state index contributed by atoms with van der Waals surface area (Å²) < 4.78 is 11.2. The number of carbonyl (C=O) groups excluding carboxylic acids is 4. The summed E-state index contributed by atoms with van der Waals surface area (Å²) in [5.41, 5.74) is 0.195. The van der Waals surface area contributed by atoms with E-state index in [0.717, 1.165) is 31.2 Å². The highest BCUT2D eigenvalue weighted by Crippen LogP contribution is 2.28. The third-order valence-corrected chi connectivity index (χ3v) is 7.88. The van der Waals surface area contributed by atoms with Crippen molar-refractivity contribution in [2.24, 2.45) is 11.3 Å². The Bertz CT molecular complexity index is 1060. The summed E-state index contributed by atoms with van der Waals surface area (Å²) in [5.74, 6) is -1.75. The molecule has 0 unspecified atom stereocenters. The van der Waals surface area contributed by atoms with Crippen LogP contribution in [0.4, 0.5) is 4.79 Å². The number of Topliss-reactive ketones (excluding diaryl/α,β-unsaturated/α-hetero) is 1. The van der Waals surface area contributed by atoms with Gasteiger partial charge in [-0.05, 0) is 43.6 Å². The number of amides is 4. The van der Waals surface area contributed by atoms with Crippen LogP contribution < -0.4 is 16.0 Å². The molecule has 1 aliphatic carbocycles. The van der Waals surface area contributed by atoms with E-state index in [9.17, 15) is 19.2 Å². The van der Waals surface area contributed by atoms with Crippen molar-refractivity contribution < 1.29 is 28.7 Å². The first-order valence-electron chi connectivity index (χ1n) is 15.7. The molecular weight excluding hydrogens is 548 g/mol. The Labute approximate surface area is 257 Å². The zero-order valence-corrected chi connectivity index (χ0v) is 26.7. The molecule has 0 radical (unpaired) electrons. The molecule has 240 valence electrons. The van der Waals surface area contributed by atoms with E-state index in [4.69, 9.17) is 9.47 Å². The monoisotopic (exact) mass is 600 g/mol. The second-order valence-corrected chi connectivity index (χ2v) is 13.8. The fourth-order valence-corrected chi connectivity index (χ4v) is 6.22. The zero-order chi connectivity index (χ0) is 31.5. The maximum atomic E-state index is 13.8. The highest BCUT2D eigenvalue weighted by molar-refractivity contribution is 6.38. The van der Waals surface area contributed by atoms with Gasteiger partial charge in [-0.25, -0.2) is 4.79 Å². The molecule has 1 saturated carbocycles. The Hall–Kier alpha value is -2.98. The van der Waals surface area contributed by atoms with E-state index in [-0.39, 0.29) is 24.7 Å². The molecule has 2 fully saturated rings. The average molecular weight is 601 g/mol. The molecule has 1 saturated heterocycles. The summed E-state index contributed by atoms with van der Waals surface area (Å²) in [4.78, 5) is 55.3. The summed E-state index contributed by atoms with van der Waals surface area (Å²) in [6.45, 7) is 11.8. The predicted molar refractivity (Wildman–Crippen MR) is 165 cm³/mol. The first kappa shape index (κ1) is 34.5. The number of rotatable bonds is 13. The predicted octanol–water partition coefficient (Wildman–Crippen LogP) is 3.97. The van der Waals surface area contributed by atoms with Crippen molar-refractivity contribution in [2.45, 2.75) is 104 Å². The Morgan fingerprint density at radius 3 is 2.21 bits per heavy atom. The van der Waals surface area contributed by atoms with Gasteiger partial charge in [0, 0.05) is 18.6 Å². The molecule has 0 spiro atoms. The molecule has 2 aliphatic rings.